The Morgan fingerprint density at radius 2 is 2.10 bits per heavy atom. The molecule has 0 saturated carbocycles. The molecule has 0 saturated heterocycles. The highest BCUT2D eigenvalue weighted by Crippen LogP contribution is 2.26. The van der Waals surface area contributed by atoms with E-state index in [1.807, 2.05) is 0 Å². The number of hydrogen-bond acceptors (Lipinski definition) is 7. The van der Waals surface area contributed by atoms with Gasteiger partial charge in [0, 0.05) is 0 Å². The molecule has 0 aromatic carbocycles. The number of aromatic amines is 1. The molecule has 0 bridgehead atoms. The standard InChI is InChI=1S/C9H11N5O5S/c1-4-7(9(15)16)8(5(2)19-4)20(17,18)10-3-6-11-13-14-12-6/h10H,3H2,1-2H3,(H,15,16)(H,11,12,13,14). The number of sulfonamides is 1. The van der Waals surface area contributed by atoms with Crippen LogP contribution >= 0.6 is 0 Å². The number of tetrazole rings is 1. The number of nitrogens with one attached hydrogen (secondary N) is 2. The van der Waals surface area contributed by atoms with Gasteiger partial charge in [0.1, 0.15) is 22.0 Å². The number of H-pyrrole nitrogens is 1. The summed E-state index contributed by atoms with van der Waals surface area (Å²) in [5.41, 5.74) is -0.386. The Balaban J connectivity index is 2.37. The predicted octanol–water partition coefficient (Wildman–Crippen LogP) is -0.414. The largest absolute Gasteiger partial charge is 0.478 e. The Hall–Kier alpha value is -2.27. The molecule has 2 rings (SSSR count). The van der Waals surface area contributed by atoms with Crippen molar-refractivity contribution in [1.82, 2.24) is 25.3 Å². The third-order valence-electron chi connectivity index (χ3n) is 2.50. The molecule has 2 aromatic rings. The van der Waals surface area contributed by atoms with E-state index in [9.17, 15) is 13.2 Å². The van der Waals surface area contributed by atoms with Crippen molar-refractivity contribution < 1.29 is 22.7 Å². The van der Waals surface area contributed by atoms with Crippen molar-refractivity contribution in [2.75, 3.05) is 0 Å². The van der Waals surface area contributed by atoms with Crippen LogP contribution in [-0.2, 0) is 16.6 Å². The lowest BCUT2D eigenvalue weighted by Gasteiger charge is -2.04. The molecule has 2 aromatic heterocycles. The third kappa shape index (κ3) is 2.53. The van der Waals surface area contributed by atoms with Gasteiger partial charge in [0.25, 0.3) is 0 Å². The van der Waals surface area contributed by atoms with Crippen molar-refractivity contribution in [2.45, 2.75) is 25.3 Å². The highest BCUT2D eigenvalue weighted by molar-refractivity contribution is 7.89. The summed E-state index contributed by atoms with van der Waals surface area (Å²) in [7, 11) is -4.07. The number of carbonyl (C=O) groups is 1. The quantitative estimate of drug-likeness (QED) is 0.673. The fraction of sp³-hybridized carbons (Fsp3) is 0.333. The van der Waals surface area contributed by atoms with Gasteiger partial charge in [-0.3, -0.25) is 0 Å². The van der Waals surface area contributed by atoms with Crippen molar-refractivity contribution in [3.05, 3.63) is 22.9 Å². The minimum absolute atomic E-state index is 0.000474. The van der Waals surface area contributed by atoms with Gasteiger partial charge in [0.15, 0.2) is 5.82 Å². The van der Waals surface area contributed by atoms with Crippen LogP contribution in [0.15, 0.2) is 9.31 Å². The Labute approximate surface area is 113 Å². The highest BCUT2D eigenvalue weighted by Gasteiger charge is 2.30. The smallest absolute Gasteiger partial charge is 0.340 e. The molecule has 20 heavy (non-hydrogen) atoms. The molecule has 0 aliphatic heterocycles. The van der Waals surface area contributed by atoms with E-state index in [0.29, 0.717) is 0 Å². The number of hydrogen-bond donors (Lipinski definition) is 3. The fourth-order valence-corrected chi connectivity index (χ4v) is 3.11. The van der Waals surface area contributed by atoms with E-state index < -0.39 is 20.9 Å². The monoisotopic (exact) mass is 301 g/mol. The first kappa shape index (κ1) is 14.1. The molecule has 2 heterocycles. The van der Waals surface area contributed by atoms with E-state index in [1.54, 1.807) is 0 Å². The van der Waals surface area contributed by atoms with Crippen LogP contribution in [0.25, 0.3) is 0 Å². The van der Waals surface area contributed by atoms with Crippen LogP contribution in [-0.4, -0.2) is 40.1 Å². The van der Waals surface area contributed by atoms with Crippen LogP contribution in [0.2, 0.25) is 0 Å². The normalized spacial score (nSPS) is 11.7. The van der Waals surface area contributed by atoms with E-state index in [2.05, 4.69) is 25.3 Å². The number of carboxylic acids is 1. The molecule has 0 aliphatic carbocycles. The van der Waals surface area contributed by atoms with Crippen LogP contribution < -0.4 is 4.72 Å². The van der Waals surface area contributed by atoms with Crippen molar-refractivity contribution in [2.24, 2.45) is 0 Å². The molecule has 3 N–H and O–H groups in total. The van der Waals surface area contributed by atoms with Crippen molar-refractivity contribution in [1.29, 1.82) is 0 Å². The minimum Gasteiger partial charge on any atom is -0.478 e. The molecular formula is C9H11N5O5S. The number of nitrogens with zero attached hydrogens (tertiary/aromatic N) is 3. The van der Waals surface area contributed by atoms with Crippen LogP contribution in [0.1, 0.15) is 27.7 Å². The van der Waals surface area contributed by atoms with E-state index in [1.165, 1.54) is 13.8 Å². The van der Waals surface area contributed by atoms with E-state index in [-0.39, 0.29) is 29.5 Å². The minimum atomic E-state index is -4.07. The van der Waals surface area contributed by atoms with Crippen LogP contribution in [0.3, 0.4) is 0 Å². The number of aromatic nitrogens is 4. The first-order valence-electron chi connectivity index (χ1n) is 5.38. The van der Waals surface area contributed by atoms with Gasteiger partial charge in [-0.1, -0.05) is 5.21 Å². The second kappa shape index (κ2) is 5.02. The summed E-state index contributed by atoms with van der Waals surface area (Å²) in [5, 5.41) is 21.7. The summed E-state index contributed by atoms with van der Waals surface area (Å²) in [6.07, 6.45) is 0. The second-order valence-electron chi connectivity index (χ2n) is 3.88. The predicted molar refractivity (Wildman–Crippen MR) is 63.3 cm³/mol. The maximum absolute atomic E-state index is 12.2. The first-order valence-corrected chi connectivity index (χ1v) is 6.86. The van der Waals surface area contributed by atoms with Gasteiger partial charge in [-0.05, 0) is 13.8 Å². The zero-order valence-corrected chi connectivity index (χ0v) is 11.4. The average molecular weight is 301 g/mol. The molecule has 0 unspecified atom stereocenters. The van der Waals surface area contributed by atoms with Gasteiger partial charge < -0.3 is 9.52 Å². The maximum Gasteiger partial charge on any atom is 0.340 e. The lowest BCUT2D eigenvalue weighted by Crippen LogP contribution is -2.25. The molecule has 0 aliphatic rings. The second-order valence-corrected chi connectivity index (χ2v) is 5.58. The van der Waals surface area contributed by atoms with Crippen LogP contribution in [0.4, 0.5) is 0 Å². The lowest BCUT2D eigenvalue weighted by molar-refractivity contribution is 0.0691. The number of rotatable bonds is 5. The van der Waals surface area contributed by atoms with Gasteiger partial charge in [0.05, 0.1) is 6.54 Å². The van der Waals surface area contributed by atoms with Crippen LogP contribution in [0, 0.1) is 13.8 Å². The zero-order chi connectivity index (χ0) is 14.9. The van der Waals surface area contributed by atoms with Gasteiger partial charge in [-0.25, -0.2) is 17.9 Å². The van der Waals surface area contributed by atoms with E-state index in [0.717, 1.165) is 0 Å². The molecule has 0 amide bonds. The third-order valence-corrected chi connectivity index (χ3v) is 4.05. The Morgan fingerprint density at radius 1 is 1.40 bits per heavy atom. The first-order chi connectivity index (χ1) is 9.33. The van der Waals surface area contributed by atoms with Crippen molar-refractivity contribution in [3.8, 4) is 0 Å². The van der Waals surface area contributed by atoms with Gasteiger partial charge in [-0.2, -0.15) is 5.21 Å². The average Bonchev–Trinajstić information content (AvgIpc) is 2.94. The summed E-state index contributed by atoms with van der Waals surface area (Å²) in [4.78, 5) is 10.7. The summed E-state index contributed by atoms with van der Waals surface area (Å²) in [6, 6.07) is 0. The summed E-state index contributed by atoms with van der Waals surface area (Å²) in [6.45, 7) is 2.54. The molecule has 11 heteroatoms. The SMILES string of the molecule is Cc1oc(C)c(S(=O)(=O)NCc2nn[nH]n2)c1C(=O)O. The van der Waals surface area contributed by atoms with Gasteiger partial charge in [0.2, 0.25) is 10.0 Å². The zero-order valence-electron chi connectivity index (χ0n) is 10.5. The van der Waals surface area contributed by atoms with Crippen molar-refractivity contribution in [3.63, 3.8) is 0 Å². The summed E-state index contributed by atoms with van der Waals surface area (Å²) < 4.78 is 31.6. The maximum atomic E-state index is 12.2. The Morgan fingerprint density at radius 3 is 2.65 bits per heavy atom. The molecule has 0 atom stereocenters. The summed E-state index contributed by atoms with van der Waals surface area (Å²) in [5.74, 6) is -1.22. The number of aromatic carboxylic acids is 1. The Kier molecular flexibility index (Phi) is 3.55. The number of furan rings is 1. The van der Waals surface area contributed by atoms with Crippen molar-refractivity contribution >= 4 is 16.0 Å². The molecule has 0 spiro atoms. The molecular weight excluding hydrogens is 290 g/mol. The molecule has 0 radical (unpaired) electrons. The Bertz CT molecular complexity index is 733. The molecule has 108 valence electrons. The van der Waals surface area contributed by atoms with Gasteiger partial charge in [-0.15, -0.1) is 10.2 Å². The number of carboxylic acid groups (broad SMARTS) is 1. The summed E-state index contributed by atoms with van der Waals surface area (Å²) >= 11 is 0. The molecule has 10 nitrogen and oxygen atoms in total. The number of aryl methyl sites for hydroxylation is 2. The molecule has 0 fully saturated rings. The fourth-order valence-electron chi connectivity index (χ4n) is 1.72. The topological polar surface area (TPSA) is 151 Å². The van der Waals surface area contributed by atoms with Crippen LogP contribution in [0.5, 0.6) is 0 Å². The van der Waals surface area contributed by atoms with Gasteiger partial charge >= 0.3 is 5.97 Å². The lowest BCUT2D eigenvalue weighted by atomic mass is 10.2. The van der Waals surface area contributed by atoms with E-state index >= 15 is 0 Å². The van der Waals surface area contributed by atoms with E-state index in [4.69, 9.17) is 9.52 Å². The highest BCUT2D eigenvalue weighted by atomic mass is 32.2.